The average molecular weight is 339 g/mol. The zero-order valence-electron chi connectivity index (χ0n) is 13.8. The lowest BCUT2D eigenvalue weighted by Gasteiger charge is -2.39. The van der Waals surface area contributed by atoms with Gasteiger partial charge in [-0.05, 0) is 49.9 Å². The molecular weight excluding hydrogens is 312 g/mol. The number of aliphatic hydroxyl groups is 1. The number of benzene rings is 1. The van der Waals surface area contributed by atoms with E-state index in [-0.39, 0.29) is 11.8 Å². The van der Waals surface area contributed by atoms with E-state index in [1.54, 1.807) is 0 Å². The van der Waals surface area contributed by atoms with Gasteiger partial charge in [0, 0.05) is 30.5 Å². The van der Waals surface area contributed by atoms with E-state index in [9.17, 15) is 9.90 Å². The lowest BCUT2D eigenvalue weighted by atomic mass is 9.74. The van der Waals surface area contributed by atoms with Crippen LogP contribution in [0.1, 0.15) is 44.6 Å². The van der Waals surface area contributed by atoms with Gasteiger partial charge in [-0.1, -0.05) is 30.7 Å². The molecule has 1 aliphatic heterocycles. The van der Waals surface area contributed by atoms with Crippen LogP contribution in [-0.2, 0) is 10.4 Å². The summed E-state index contributed by atoms with van der Waals surface area (Å²) in [6, 6.07) is 7.52. The van der Waals surface area contributed by atoms with E-state index < -0.39 is 5.60 Å². The Morgan fingerprint density at radius 2 is 2.35 bits per heavy atom. The van der Waals surface area contributed by atoms with E-state index in [1.165, 1.54) is 0 Å². The number of amides is 1. The van der Waals surface area contributed by atoms with E-state index in [0.717, 1.165) is 37.9 Å². The second-order valence-electron chi connectivity index (χ2n) is 6.28. The number of halogens is 1. The summed E-state index contributed by atoms with van der Waals surface area (Å²) >= 11 is 6.13. The lowest BCUT2D eigenvalue weighted by molar-refractivity contribution is -0.120. The first-order valence-corrected chi connectivity index (χ1v) is 8.90. The maximum Gasteiger partial charge on any atom is 0.219 e. The van der Waals surface area contributed by atoms with Crippen molar-refractivity contribution < 1.29 is 9.90 Å². The SMILES string of the molecule is CCC(=O)NCCC[C@@](O)(c1cccc(Cl)c1)[C@@H]1CCCNC1. The second kappa shape index (κ2) is 8.67. The molecule has 1 saturated heterocycles. The van der Waals surface area contributed by atoms with Gasteiger partial charge in [0.05, 0.1) is 5.60 Å². The predicted octanol–water partition coefficient (Wildman–Crippen LogP) is 2.83. The fraction of sp³-hybridized carbons (Fsp3) is 0.611. The number of piperidine rings is 1. The third-order valence-electron chi connectivity index (χ3n) is 4.67. The molecule has 2 rings (SSSR count). The minimum absolute atomic E-state index is 0.0515. The maximum atomic E-state index is 11.4. The standard InChI is InChI=1S/C18H27ClN2O2/c1-2-17(22)21-11-5-9-18(23,15-7-4-10-20-13-15)14-6-3-8-16(19)12-14/h3,6,8,12,15,20,23H,2,4-5,7,9-11,13H2,1H3,(H,21,22)/t15-,18-/m1/s1. The highest BCUT2D eigenvalue weighted by atomic mass is 35.5. The highest BCUT2D eigenvalue weighted by molar-refractivity contribution is 6.30. The number of rotatable bonds is 7. The van der Waals surface area contributed by atoms with Crippen LogP contribution in [0, 0.1) is 5.92 Å². The van der Waals surface area contributed by atoms with E-state index in [0.29, 0.717) is 24.4 Å². The van der Waals surface area contributed by atoms with Crippen LogP contribution >= 0.6 is 11.6 Å². The van der Waals surface area contributed by atoms with Gasteiger partial charge in [-0.15, -0.1) is 0 Å². The normalized spacial score (nSPS) is 20.7. The van der Waals surface area contributed by atoms with E-state index in [1.807, 2.05) is 31.2 Å². The molecule has 0 aromatic heterocycles. The van der Waals surface area contributed by atoms with Crippen molar-refractivity contribution in [2.24, 2.45) is 5.92 Å². The second-order valence-corrected chi connectivity index (χ2v) is 6.72. The summed E-state index contributed by atoms with van der Waals surface area (Å²) in [6.45, 7) is 4.25. The van der Waals surface area contributed by atoms with Crippen LogP contribution in [0.4, 0.5) is 0 Å². The summed E-state index contributed by atoms with van der Waals surface area (Å²) in [4.78, 5) is 11.4. The van der Waals surface area contributed by atoms with Gasteiger partial charge in [0.2, 0.25) is 5.91 Å². The summed E-state index contributed by atoms with van der Waals surface area (Å²) in [7, 11) is 0. The van der Waals surface area contributed by atoms with Crippen molar-refractivity contribution in [1.82, 2.24) is 10.6 Å². The van der Waals surface area contributed by atoms with Crippen molar-refractivity contribution >= 4 is 17.5 Å². The van der Waals surface area contributed by atoms with Crippen LogP contribution in [0.5, 0.6) is 0 Å². The summed E-state index contributed by atoms with van der Waals surface area (Å²) < 4.78 is 0. The van der Waals surface area contributed by atoms with Crippen molar-refractivity contribution in [1.29, 1.82) is 0 Å². The van der Waals surface area contributed by atoms with Crippen LogP contribution in [0.3, 0.4) is 0 Å². The third-order valence-corrected chi connectivity index (χ3v) is 4.91. The van der Waals surface area contributed by atoms with Gasteiger partial charge in [-0.2, -0.15) is 0 Å². The van der Waals surface area contributed by atoms with Gasteiger partial charge < -0.3 is 15.7 Å². The molecule has 1 fully saturated rings. The molecule has 128 valence electrons. The molecule has 4 nitrogen and oxygen atoms in total. The summed E-state index contributed by atoms with van der Waals surface area (Å²) in [5.74, 6) is 0.215. The molecule has 0 spiro atoms. The molecular formula is C18H27ClN2O2. The fourth-order valence-corrected chi connectivity index (χ4v) is 3.50. The van der Waals surface area contributed by atoms with Crippen LogP contribution < -0.4 is 10.6 Å². The highest BCUT2D eigenvalue weighted by Crippen LogP contribution is 2.38. The third kappa shape index (κ3) is 4.93. The molecule has 1 aromatic rings. The van der Waals surface area contributed by atoms with Crippen molar-refractivity contribution in [3.8, 4) is 0 Å². The molecule has 1 amide bonds. The molecule has 0 bridgehead atoms. The Morgan fingerprint density at radius 1 is 1.52 bits per heavy atom. The summed E-state index contributed by atoms with van der Waals surface area (Å²) in [6.07, 6.45) is 3.91. The Labute approximate surface area is 143 Å². The predicted molar refractivity (Wildman–Crippen MR) is 93.5 cm³/mol. The fourth-order valence-electron chi connectivity index (χ4n) is 3.31. The largest absolute Gasteiger partial charge is 0.385 e. The first kappa shape index (κ1) is 18.2. The molecule has 0 unspecified atom stereocenters. The molecule has 0 aliphatic carbocycles. The quantitative estimate of drug-likeness (QED) is 0.670. The maximum absolute atomic E-state index is 11.4. The molecule has 5 heteroatoms. The van der Waals surface area contributed by atoms with Gasteiger partial charge in [0.1, 0.15) is 0 Å². The van der Waals surface area contributed by atoms with Crippen LogP contribution in [0.25, 0.3) is 0 Å². The van der Waals surface area contributed by atoms with E-state index in [2.05, 4.69) is 10.6 Å². The number of carbonyl (C=O) groups is 1. The Balaban J connectivity index is 2.09. The first-order valence-electron chi connectivity index (χ1n) is 8.52. The Morgan fingerprint density at radius 3 is 3.00 bits per heavy atom. The van der Waals surface area contributed by atoms with E-state index in [4.69, 9.17) is 11.6 Å². The highest BCUT2D eigenvalue weighted by Gasteiger charge is 2.38. The Bertz CT molecular complexity index is 517. The molecule has 0 saturated carbocycles. The molecule has 1 aromatic carbocycles. The van der Waals surface area contributed by atoms with Crippen LogP contribution in [-0.4, -0.2) is 30.6 Å². The molecule has 0 radical (unpaired) electrons. The molecule has 1 aliphatic rings. The van der Waals surface area contributed by atoms with E-state index >= 15 is 0 Å². The van der Waals surface area contributed by atoms with Crippen molar-refractivity contribution in [3.63, 3.8) is 0 Å². The zero-order chi connectivity index (χ0) is 16.7. The number of hydrogen-bond acceptors (Lipinski definition) is 3. The monoisotopic (exact) mass is 338 g/mol. The number of nitrogens with one attached hydrogen (secondary N) is 2. The number of carbonyl (C=O) groups excluding carboxylic acids is 1. The van der Waals surface area contributed by atoms with Gasteiger partial charge in [-0.3, -0.25) is 4.79 Å². The molecule has 2 atom stereocenters. The van der Waals surface area contributed by atoms with Gasteiger partial charge >= 0.3 is 0 Å². The lowest BCUT2D eigenvalue weighted by Crippen LogP contribution is -2.44. The Kier molecular flexibility index (Phi) is 6.88. The smallest absolute Gasteiger partial charge is 0.219 e. The van der Waals surface area contributed by atoms with Gasteiger partial charge in [0.15, 0.2) is 0 Å². The first-order chi connectivity index (χ1) is 11.1. The topological polar surface area (TPSA) is 61.4 Å². The van der Waals surface area contributed by atoms with Crippen LogP contribution in [0.15, 0.2) is 24.3 Å². The molecule has 23 heavy (non-hydrogen) atoms. The minimum Gasteiger partial charge on any atom is -0.385 e. The van der Waals surface area contributed by atoms with Crippen molar-refractivity contribution in [2.45, 2.75) is 44.6 Å². The number of hydrogen-bond donors (Lipinski definition) is 3. The minimum atomic E-state index is -0.907. The molecule has 3 N–H and O–H groups in total. The van der Waals surface area contributed by atoms with Crippen LogP contribution in [0.2, 0.25) is 5.02 Å². The van der Waals surface area contributed by atoms with Crippen molar-refractivity contribution in [3.05, 3.63) is 34.9 Å². The summed E-state index contributed by atoms with van der Waals surface area (Å²) in [5.41, 5.74) is -0.0320. The van der Waals surface area contributed by atoms with Crippen molar-refractivity contribution in [2.75, 3.05) is 19.6 Å². The average Bonchev–Trinajstić information content (AvgIpc) is 2.59. The molecule has 1 heterocycles. The summed E-state index contributed by atoms with van der Waals surface area (Å²) in [5, 5.41) is 18.3. The van der Waals surface area contributed by atoms with Gasteiger partial charge in [0.25, 0.3) is 0 Å². The Hall–Kier alpha value is -1.10. The zero-order valence-corrected chi connectivity index (χ0v) is 14.5. The van der Waals surface area contributed by atoms with Gasteiger partial charge in [-0.25, -0.2) is 0 Å².